The lowest BCUT2D eigenvalue weighted by Gasteiger charge is -2.24. The van der Waals surface area contributed by atoms with Gasteiger partial charge in [-0.3, -0.25) is 13.8 Å². The van der Waals surface area contributed by atoms with Crippen LogP contribution in [0, 0.1) is 0 Å². The summed E-state index contributed by atoms with van der Waals surface area (Å²) in [4.78, 5) is 22.9. The summed E-state index contributed by atoms with van der Waals surface area (Å²) in [6.45, 7) is 5.59. The first-order chi connectivity index (χ1) is 27.6. The first-order valence-electron chi connectivity index (χ1n) is 23.7. The number of esters is 1. The minimum absolute atomic E-state index is 0.0856. The minimum Gasteiger partial charge on any atom is -0.457 e. The molecular formula is C48H93NO7P+. The zero-order chi connectivity index (χ0) is 42.0. The molecule has 8 nitrogen and oxygen atoms in total. The third kappa shape index (κ3) is 45.7. The lowest BCUT2D eigenvalue weighted by Crippen LogP contribution is -2.37. The molecule has 0 amide bonds. The van der Waals surface area contributed by atoms with Crippen LogP contribution in [0.25, 0.3) is 0 Å². The molecule has 0 aromatic heterocycles. The van der Waals surface area contributed by atoms with Crippen LogP contribution in [0.2, 0.25) is 0 Å². The molecule has 0 heterocycles. The third-order valence-electron chi connectivity index (χ3n) is 10.2. The molecule has 0 aliphatic heterocycles. The lowest BCUT2D eigenvalue weighted by molar-refractivity contribution is -0.870. The Morgan fingerprint density at radius 2 is 0.965 bits per heavy atom. The second-order valence-electron chi connectivity index (χ2n) is 17.1. The van der Waals surface area contributed by atoms with Crippen molar-refractivity contribution in [3.05, 3.63) is 36.5 Å². The molecular weight excluding hydrogens is 734 g/mol. The number of nitrogens with zero attached hydrogens (tertiary/aromatic N) is 1. The molecule has 57 heavy (non-hydrogen) atoms. The summed E-state index contributed by atoms with van der Waals surface area (Å²) in [5.41, 5.74) is 0. The predicted molar refractivity (Wildman–Crippen MR) is 243 cm³/mol. The Bertz CT molecular complexity index is 1010. The Morgan fingerprint density at radius 1 is 0.544 bits per heavy atom. The molecule has 0 aromatic carbocycles. The highest BCUT2D eigenvalue weighted by molar-refractivity contribution is 7.47. The highest BCUT2D eigenvalue weighted by atomic mass is 31.2. The Kier molecular flexibility index (Phi) is 40.5. The summed E-state index contributed by atoms with van der Waals surface area (Å²) in [6, 6.07) is 0. The second kappa shape index (κ2) is 41.5. The normalized spacial score (nSPS) is 14.0. The van der Waals surface area contributed by atoms with Gasteiger partial charge in [-0.15, -0.1) is 0 Å². The third-order valence-corrected chi connectivity index (χ3v) is 11.2. The molecule has 0 aliphatic rings. The van der Waals surface area contributed by atoms with Gasteiger partial charge in [0, 0.05) is 13.0 Å². The van der Waals surface area contributed by atoms with Gasteiger partial charge < -0.3 is 18.9 Å². The van der Waals surface area contributed by atoms with Crippen molar-refractivity contribution < 1.29 is 37.3 Å². The number of phosphoric acid groups is 1. The molecule has 0 fully saturated rings. The van der Waals surface area contributed by atoms with Crippen LogP contribution < -0.4 is 0 Å². The summed E-state index contributed by atoms with van der Waals surface area (Å²) >= 11 is 0. The molecule has 0 rings (SSSR count). The molecule has 2 atom stereocenters. The predicted octanol–water partition coefficient (Wildman–Crippen LogP) is 14.2. The molecule has 2 unspecified atom stereocenters. The molecule has 1 N–H and O–H groups in total. The molecule has 0 spiro atoms. The highest BCUT2D eigenvalue weighted by Crippen LogP contribution is 2.43. The van der Waals surface area contributed by atoms with E-state index in [-0.39, 0.29) is 25.8 Å². The van der Waals surface area contributed by atoms with Crippen LogP contribution in [-0.2, 0) is 27.9 Å². The van der Waals surface area contributed by atoms with Gasteiger partial charge in [-0.1, -0.05) is 166 Å². The van der Waals surface area contributed by atoms with Gasteiger partial charge in [0.25, 0.3) is 0 Å². The van der Waals surface area contributed by atoms with E-state index in [0.717, 1.165) is 44.9 Å². The Balaban J connectivity index is 4.22. The summed E-state index contributed by atoms with van der Waals surface area (Å²) in [7, 11) is 1.66. The van der Waals surface area contributed by atoms with Crippen LogP contribution in [0.5, 0.6) is 0 Å². The van der Waals surface area contributed by atoms with Gasteiger partial charge in [0.2, 0.25) is 0 Å². The maximum absolute atomic E-state index is 12.7. The van der Waals surface area contributed by atoms with E-state index in [1.54, 1.807) is 0 Å². The fraction of sp³-hybridized carbons (Fsp3) is 0.854. The maximum Gasteiger partial charge on any atom is 0.472 e. The summed E-state index contributed by atoms with van der Waals surface area (Å²) < 4.78 is 35.1. The molecule has 0 aromatic rings. The van der Waals surface area contributed by atoms with E-state index in [4.69, 9.17) is 18.5 Å². The fourth-order valence-corrected chi connectivity index (χ4v) is 7.20. The number of carbonyl (C=O) groups is 1. The molecule has 9 heteroatoms. The van der Waals surface area contributed by atoms with E-state index in [1.165, 1.54) is 141 Å². The standard InChI is InChI=1S/C48H92NO7P/c1-6-8-10-12-14-16-18-20-22-24-25-27-29-31-33-35-37-39-41-48(50)56-47(46-55-57(51,52)54-44-42-49(3,4)5)45-53-43-40-38-36-34-32-30-28-26-23-21-19-17-15-13-11-9-7-2/h17,19,22-24,26,47H,6-16,18,20-21,25,27-46H2,1-5H3/p+1/b19-17-,24-22-,26-23-. The summed E-state index contributed by atoms with van der Waals surface area (Å²) in [6.07, 6.45) is 48.9. The Labute approximate surface area is 353 Å². The minimum atomic E-state index is -4.28. The van der Waals surface area contributed by atoms with Crippen LogP contribution in [0.4, 0.5) is 0 Å². The van der Waals surface area contributed by atoms with Crippen LogP contribution in [-0.4, -0.2) is 75.6 Å². The van der Waals surface area contributed by atoms with Crippen LogP contribution in [0.3, 0.4) is 0 Å². The molecule has 0 aliphatic carbocycles. The van der Waals surface area contributed by atoms with Crippen molar-refractivity contribution in [1.82, 2.24) is 0 Å². The average molecular weight is 827 g/mol. The number of phosphoric ester groups is 1. The van der Waals surface area contributed by atoms with E-state index in [1.807, 2.05) is 21.1 Å². The number of allylic oxidation sites excluding steroid dienone is 6. The number of hydrogen-bond acceptors (Lipinski definition) is 6. The molecule has 0 bridgehead atoms. The number of quaternary nitrogens is 1. The van der Waals surface area contributed by atoms with Crippen LogP contribution in [0.1, 0.15) is 206 Å². The Hall–Kier alpha value is -1.28. The number of likely N-dealkylation sites (N-methyl/N-ethyl adjacent to an activating group) is 1. The van der Waals surface area contributed by atoms with E-state index in [9.17, 15) is 14.3 Å². The van der Waals surface area contributed by atoms with Crippen molar-refractivity contribution in [2.45, 2.75) is 213 Å². The monoisotopic (exact) mass is 827 g/mol. The zero-order valence-corrected chi connectivity index (χ0v) is 39.0. The summed E-state index contributed by atoms with van der Waals surface area (Å²) in [5.74, 6) is -0.321. The largest absolute Gasteiger partial charge is 0.472 e. The number of hydrogen-bond donors (Lipinski definition) is 1. The van der Waals surface area contributed by atoms with E-state index >= 15 is 0 Å². The quantitative estimate of drug-likeness (QED) is 0.0215. The molecule has 336 valence electrons. The van der Waals surface area contributed by atoms with Crippen LogP contribution >= 0.6 is 7.82 Å². The number of unbranched alkanes of at least 4 members (excludes halogenated alkanes) is 24. The topological polar surface area (TPSA) is 91.3 Å². The van der Waals surface area contributed by atoms with Crippen molar-refractivity contribution in [2.24, 2.45) is 0 Å². The molecule has 0 saturated carbocycles. The van der Waals surface area contributed by atoms with Gasteiger partial charge in [-0.05, 0) is 70.6 Å². The first kappa shape index (κ1) is 55.7. The molecule has 0 radical (unpaired) electrons. The van der Waals surface area contributed by atoms with E-state index < -0.39 is 13.9 Å². The fourth-order valence-electron chi connectivity index (χ4n) is 6.46. The van der Waals surface area contributed by atoms with Gasteiger partial charge in [-0.2, -0.15) is 0 Å². The lowest BCUT2D eigenvalue weighted by atomic mass is 10.1. The smallest absolute Gasteiger partial charge is 0.457 e. The van der Waals surface area contributed by atoms with E-state index in [2.05, 4.69) is 50.3 Å². The van der Waals surface area contributed by atoms with Gasteiger partial charge >= 0.3 is 13.8 Å². The highest BCUT2D eigenvalue weighted by Gasteiger charge is 2.26. The van der Waals surface area contributed by atoms with Gasteiger partial charge in [0.05, 0.1) is 34.4 Å². The van der Waals surface area contributed by atoms with Crippen LogP contribution in [0.15, 0.2) is 36.5 Å². The average Bonchev–Trinajstić information content (AvgIpc) is 3.16. The van der Waals surface area contributed by atoms with Crippen molar-refractivity contribution in [1.29, 1.82) is 0 Å². The van der Waals surface area contributed by atoms with Gasteiger partial charge in [-0.25, -0.2) is 4.57 Å². The zero-order valence-electron chi connectivity index (χ0n) is 38.1. The number of rotatable bonds is 44. The molecule has 0 saturated heterocycles. The number of ether oxygens (including phenoxy) is 2. The SMILES string of the molecule is CCCCCC/C=C\C/C=C\CCCCCCCCOCC(COP(=O)(O)OCC[N+](C)(C)C)OC(=O)CCCCCCCCC/C=C\CCCCCCCCC. The Morgan fingerprint density at radius 3 is 1.46 bits per heavy atom. The van der Waals surface area contributed by atoms with Gasteiger partial charge in [0.15, 0.2) is 0 Å². The first-order valence-corrected chi connectivity index (χ1v) is 25.2. The van der Waals surface area contributed by atoms with Crippen molar-refractivity contribution >= 4 is 13.8 Å². The van der Waals surface area contributed by atoms with Crippen molar-refractivity contribution in [3.63, 3.8) is 0 Å². The summed E-state index contributed by atoms with van der Waals surface area (Å²) in [5, 5.41) is 0. The second-order valence-corrected chi connectivity index (χ2v) is 18.6. The maximum atomic E-state index is 12.7. The van der Waals surface area contributed by atoms with E-state index in [0.29, 0.717) is 24.1 Å². The van der Waals surface area contributed by atoms with Gasteiger partial charge in [0.1, 0.15) is 19.3 Å². The van der Waals surface area contributed by atoms with Crippen molar-refractivity contribution in [3.8, 4) is 0 Å². The number of carbonyl (C=O) groups excluding carboxylic acids is 1. The van der Waals surface area contributed by atoms with Crippen molar-refractivity contribution in [2.75, 3.05) is 54.1 Å².